The zero-order chi connectivity index (χ0) is 14.5. The van der Waals surface area contributed by atoms with E-state index in [0.717, 1.165) is 12.1 Å². The molecule has 0 saturated heterocycles. The molecule has 0 fully saturated rings. The summed E-state index contributed by atoms with van der Waals surface area (Å²) < 4.78 is 30.5. The number of hydrogen-bond donors (Lipinski definition) is 3. The van der Waals surface area contributed by atoms with E-state index in [-0.39, 0.29) is 19.1 Å². The van der Waals surface area contributed by atoms with Crippen molar-refractivity contribution in [1.29, 1.82) is 0 Å². The second-order valence-corrected chi connectivity index (χ2v) is 5.95. The molecule has 0 bridgehead atoms. The Bertz CT molecular complexity index is 521. The third kappa shape index (κ3) is 4.66. The Morgan fingerprint density at radius 3 is 2.68 bits per heavy atom. The Morgan fingerprint density at radius 1 is 1.47 bits per heavy atom. The lowest BCUT2D eigenvalue weighted by molar-refractivity contribution is 0.0656. The molecule has 0 radical (unpaired) electrons. The molecule has 0 aliphatic heterocycles. The fourth-order valence-corrected chi connectivity index (χ4v) is 2.40. The SMILES string of the molecule is CC(CO)CCCNS(=O)(=O)c1ccc(C(=O)O)o1. The quantitative estimate of drug-likeness (QED) is 0.606. The lowest BCUT2D eigenvalue weighted by atomic mass is 10.1. The molecule has 1 rings (SSSR count). The smallest absolute Gasteiger partial charge is 0.371 e. The number of carbonyl (C=O) groups is 1. The van der Waals surface area contributed by atoms with Crippen LogP contribution in [0.3, 0.4) is 0 Å². The highest BCUT2D eigenvalue weighted by Gasteiger charge is 2.20. The Morgan fingerprint density at radius 2 is 2.16 bits per heavy atom. The van der Waals surface area contributed by atoms with Crippen molar-refractivity contribution < 1.29 is 27.8 Å². The van der Waals surface area contributed by atoms with E-state index < -0.39 is 26.8 Å². The summed E-state index contributed by atoms with van der Waals surface area (Å²) in [6.45, 7) is 2.13. The van der Waals surface area contributed by atoms with Gasteiger partial charge in [-0.15, -0.1) is 0 Å². The van der Waals surface area contributed by atoms with Crippen molar-refractivity contribution in [2.45, 2.75) is 24.9 Å². The Kier molecular flexibility index (Phi) is 5.52. The number of rotatable bonds is 8. The number of furan rings is 1. The van der Waals surface area contributed by atoms with E-state index in [1.54, 1.807) is 0 Å². The summed E-state index contributed by atoms with van der Waals surface area (Å²) >= 11 is 0. The highest BCUT2D eigenvalue weighted by Crippen LogP contribution is 2.14. The van der Waals surface area contributed by atoms with Gasteiger partial charge in [0, 0.05) is 13.2 Å². The summed E-state index contributed by atoms with van der Waals surface area (Å²) in [5.74, 6) is -1.63. The molecular weight excluding hydrogens is 274 g/mol. The summed E-state index contributed by atoms with van der Waals surface area (Å²) in [6.07, 6.45) is 1.27. The van der Waals surface area contributed by atoms with Crippen LogP contribution in [0.15, 0.2) is 21.6 Å². The molecule has 108 valence electrons. The first-order valence-corrected chi connectivity index (χ1v) is 7.29. The average Bonchev–Trinajstić information content (AvgIpc) is 2.84. The molecule has 19 heavy (non-hydrogen) atoms. The fraction of sp³-hybridized carbons (Fsp3) is 0.545. The van der Waals surface area contributed by atoms with Crippen LogP contribution in [0.25, 0.3) is 0 Å². The van der Waals surface area contributed by atoms with Crippen LogP contribution >= 0.6 is 0 Å². The van der Waals surface area contributed by atoms with Gasteiger partial charge in [-0.05, 0) is 30.9 Å². The maximum atomic E-state index is 11.7. The number of nitrogens with one attached hydrogen (secondary N) is 1. The summed E-state index contributed by atoms with van der Waals surface area (Å²) in [5.41, 5.74) is 0. The summed E-state index contributed by atoms with van der Waals surface area (Å²) in [7, 11) is -3.82. The molecule has 3 N–H and O–H groups in total. The van der Waals surface area contributed by atoms with E-state index in [2.05, 4.69) is 4.72 Å². The van der Waals surface area contributed by atoms with E-state index in [1.807, 2.05) is 6.92 Å². The Labute approximate surface area is 111 Å². The minimum absolute atomic E-state index is 0.0624. The lowest BCUT2D eigenvalue weighted by Crippen LogP contribution is -2.24. The van der Waals surface area contributed by atoms with Crippen LogP contribution in [0.4, 0.5) is 0 Å². The molecule has 0 amide bonds. The number of hydrogen-bond acceptors (Lipinski definition) is 5. The molecule has 1 heterocycles. The molecule has 1 aromatic rings. The second kappa shape index (κ2) is 6.69. The van der Waals surface area contributed by atoms with Crippen LogP contribution < -0.4 is 4.72 Å². The van der Waals surface area contributed by atoms with Gasteiger partial charge >= 0.3 is 5.97 Å². The lowest BCUT2D eigenvalue weighted by Gasteiger charge is -2.07. The molecule has 7 nitrogen and oxygen atoms in total. The van der Waals surface area contributed by atoms with Crippen LogP contribution in [0.5, 0.6) is 0 Å². The van der Waals surface area contributed by atoms with Gasteiger partial charge in [-0.25, -0.2) is 17.9 Å². The molecule has 1 aromatic heterocycles. The van der Waals surface area contributed by atoms with Crippen LogP contribution in [-0.4, -0.2) is 37.8 Å². The highest BCUT2D eigenvalue weighted by atomic mass is 32.2. The third-order valence-corrected chi connectivity index (χ3v) is 3.87. The van der Waals surface area contributed by atoms with E-state index in [1.165, 1.54) is 0 Å². The topological polar surface area (TPSA) is 117 Å². The fourth-order valence-electron chi connectivity index (χ4n) is 1.40. The van der Waals surface area contributed by atoms with E-state index in [4.69, 9.17) is 14.6 Å². The van der Waals surface area contributed by atoms with Gasteiger partial charge in [-0.1, -0.05) is 6.92 Å². The van der Waals surface area contributed by atoms with Gasteiger partial charge in [0.15, 0.2) is 0 Å². The Hall–Kier alpha value is -1.38. The first-order chi connectivity index (χ1) is 8.86. The number of aromatic carboxylic acids is 1. The Balaban J connectivity index is 2.53. The van der Waals surface area contributed by atoms with Gasteiger partial charge in [-0.2, -0.15) is 0 Å². The van der Waals surface area contributed by atoms with Gasteiger partial charge in [0.2, 0.25) is 10.9 Å². The monoisotopic (exact) mass is 291 g/mol. The molecule has 0 aliphatic rings. The van der Waals surface area contributed by atoms with Crippen molar-refractivity contribution in [3.63, 3.8) is 0 Å². The molecule has 1 atom stereocenters. The van der Waals surface area contributed by atoms with Crippen molar-refractivity contribution in [3.05, 3.63) is 17.9 Å². The maximum absolute atomic E-state index is 11.7. The predicted molar refractivity (Wildman–Crippen MR) is 66.3 cm³/mol. The van der Waals surface area contributed by atoms with Crippen LogP contribution in [-0.2, 0) is 10.0 Å². The van der Waals surface area contributed by atoms with Crippen LogP contribution in [0.2, 0.25) is 0 Å². The largest absolute Gasteiger partial charge is 0.475 e. The van der Waals surface area contributed by atoms with E-state index in [9.17, 15) is 13.2 Å². The van der Waals surface area contributed by atoms with Gasteiger partial charge < -0.3 is 14.6 Å². The molecule has 0 saturated carbocycles. The molecule has 0 spiro atoms. The molecule has 0 aromatic carbocycles. The third-order valence-electron chi connectivity index (χ3n) is 2.53. The van der Waals surface area contributed by atoms with Crippen LogP contribution in [0, 0.1) is 5.92 Å². The van der Waals surface area contributed by atoms with Gasteiger partial charge in [0.25, 0.3) is 10.0 Å². The summed E-state index contributed by atoms with van der Waals surface area (Å²) in [5, 5.41) is 17.0. The number of carboxylic acid groups (broad SMARTS) is 1. The van der Waals surface area contributed by atoms with Crippen molar-refractivity contribution in [3.8, 4) is 0 Å². The number of aliphatic hydroxyl groups is 1. The molecule has 8 heteroatoms. The zero-order valence-electron chi connectivity index (χ0n) is 10.5. The van der Waals surface area contributed by atoms with Crippen molar-refractivity contribution in [2.24, 2.45) is 5.92 Å². The standard InChI is InChI=1S/C11H17NO6S/c1-8(7-13)3-2-6-12-19(16,17)10-5-4-9(18-10)11(14)15/h4-5,8,12-13H,2-3,6-7H2,1H3,(H,14,15). The molecular formula is C11H17NO6S. The second-order valence-electron chi connectivity index (χ2n) is 4.25. The summed E-state index contributed by atoms with van der Waals surface area (Å²) in [4.78, 5) is 10.6. The van der Waals surface area contributed by atoms with Crippen molar-refractivity contribution in [2.75, 3.05) is 13.2 Å². The van der Waals surface area contributed by atoms with E-state index in [0.29, 0.717) is 12.8 Å². The van der Waals surface area contributed by atoms with Crippen molar-refractivity contribution in [1.82, 2.24) is 4.72 Å². The normalized spacial score (nSPS) is 13.4. The van der Waals surface area contributed by atoms with Crippen LogP contribution in [0.1, 0.15) is 30.3 Å². The predicted octanol–water partition coefficient (Wildman–Crippen LogP) is 0.665. The maximum Gasteiger partial charge on any atom is 0.371 e. The van der Waals surface area contributed by atoms with Gasteiger partial charge in [-0.3, -0.25) is 0 Å². The zero-order valence-corrected chi connectivity index (χ0v) is 11.3. The highest BCUT2D eigenvalue weighted by molar-refractivity contribution is 7.89. The number of aliphatic hydroxyl groups excluding tert-OH is 1. The summed E-state index contributed by atoms with van der Waals surface area (Å²) in [6, 6.07) is 2.19. The molecule has 1 unspecified atom stereocenters. The van der Waals surface area contributed by atoms with Gasteiger partial charge in [0.1, 0.15) is 0 Å². The number of carboxylic acids is 1. The minimum Gasteiger partial charge on any atom is -0.475 e. The van der Waals surface area contributed by atoms with Crippen molar-refractivity contribution >= 4 is 16.0 Å². The average molecular weight is 291 g/mol. The minimum atomic E-state index is -3.82. The van der Waals surface area contributed by atoms with Gasteiger partial charge in [0.05, 0.1) is 0 Å². The van der Waals surface area contributed by atoms with E-state index >= 15 is 0 Å². The number of sulfonamides is 1. The first-order valence-electron chi connectivity index (χ1n) is 5.80. The first kappa shape index (κ1) is 15.7. The molecule has 0 aliphatic carbocycles.